The van der Waals surface area contributed by atoms with E-state index < -0.39 is 24.0 Å². The highest BCUT2D eigenvalue weighted by molar-refractivity contribution is 6.00. The molecule has 4 rings (SSSR count). The van der Waals surface area contributed by atoms with Crippen LogP contribution in [0.3, 0.4) is 0 Å². The van der Waals surface area contributed by atoms with Gasteiger partial charge in [0.15, 0.2) is 11.4 Å². The van der Waals surface area contributed by atoms with Gasteiger partial charge in [-0.25, -0.2) is 23.1 Å². The predicted octanol–water partition coefficient (Wildman–Crippen LogP) is 2.02. The van der Waals surface area contributed by atoms with Crippen LogP contribution in [0, 0.1) is 0 Å². The predicted molar refractivity (Wildman–Crippen MR) is 80.4 cm³/mol. The van der Waals surface area contributed by atoms with E-state index in [0.29, 0.717) is 24.1 Å². The van der Waals surface area contributed by atoms with Gasteiger partial charge in [-0.15, -0.1) is 0 Å². The number of hydrogen-bond donors (Lipinski definition) is 1. The zero-order valence-electron chi connectivity index (χ0n) is 12.9. The van der Waals surface area contributed by atoms with Gasteiger partial charge in [0.1, 0.15) is 11.9 Å². The van der Waals surface area contributed by atoms with Crippen LogP contribution in [0.25, 0.3) is 5.65 Å². The Morgan fingerprint density at radius 3 is 3.00 bits per heavy atom. The fraction of sp³-hybridized carbons (Fsp3) is 0.467. The van der Waals surface area contributed by atoms with Gasteiger partial charge in [-0.2, -0.15) is 5.10 Å². The van der Waals surface area contributed by atoms with Crippen molar-refractivity contribution in [1.29, 1.82) is 0 Å². The Morgan fingerprint density at radius 1 is 1.46 bits per heavy atom. The van der Waals surface area contributed by atoms with E-state index in [1.54, 1.807) is 12.3 Å². The Morgan fingerprint density at radius 2 is 2.25 bits per heavy atom. The maximum atomic E-state index is 14.1. The summed E-state index contributed by atoms with van der Waals surface area (Å²) in [6.45, 7) is 1.39. The summed E-state index contributed by atoms with van der Waals surface area (Å²) >= 11 is 0. The van der Waals surface area contributed by atoms with Crippen LogP contribution >= 0.6 is 0 Å². The van der Waals surface area contributed by atoms with Gasteiger partial charge in [0, 0.05) is 12.6 Å². The first kappa shape index (κ1) is 15.0. The second kappa shape index (κ2) is 4.96. The molecule has 1 aliphatic heterocycles. The van der Waals surface area contributed by atoms with E-state index in [-0.39, 0.29) is 18.0 Å². The van der Waals surface area contributed by atoms with Crippen LogP contribution in [-0.4, -0.2) is 44.4 Å². The molecular weight excluding hydrogens is 320 g/mol. The third-order valence-electron chi connectivity index (χ3n) is 4.66. The van der Waals surface area contributed by atoms with Crippen molar-refractivity contribution in [2.45, 2.75) is 44.2 Å². The molecule has 0 radical (unpaired) electrons. The third-order valence-corrected chi connectivity index (χ3v) is 4.66. The molecule has 2 aliphatic rings. The van der Waals surface area contributed by atoms with Crippen LogP contribution in [-0.2, 0) is 0 Å². The van der Waals surface area contributed by atoms with Gasteiger partial charge in [-0.3, -0.25) is 9.69 Å². The number of hydrogen-bond acceptors (Lipinski definition) is 4. The van der Waals surface area contributed by atoms with Crippen molar-refractivity contribution in [2.75, 3.05) is 4.90 Å². The minimum Gasteiger partial charge on any atom is -0.327 e. The smallest absolute Gasteiger partial charge is 0.323 e. The first-order valence-electron chi connectivity index (χ1n) is 7.71. The molecule has 2 aromatic heterocycles. The average molecular weight is 335 g/mol. The molecule has 2 fully saturated rings. The number of anilines is 1. The Labute approximate surface area is 135 Å². The fourth-order valence-electron chi connectivity index (χ4n) is 3.50. The zero-order chi connectivity index (χ0) is 17.1. The van der Waals surface area contributed by atoms with E-state index in [1.165, 1.54) is 22.5 Å². The number of ketones is 1. The van der Waals surface area contributed by atoms with Gasteiger partial charge in [0.05, 0.1) is 17.8 Å². The lowest BCUT2D eigenvalue weighted by Crippen LogP contribution is -2.51. The second-order valence-corrected chi connectivity index (χ2v) is 6.19. The molecule has 1 aliphatic carbocycles. The summed E-state index contributed by atoms with van der Waals surface area (Å²) in [6.07, 6.45) is 3.55. The van der Waals surface area contributed by atoms with Gasteiger partial charge >= 0.3 is 6.03 Å². The Bertz CT molecular complexity index is 850. The number of amides is 2. The number of halogens is 2. The van der Waals surface area contributed by atoms with Crippen molar-refractivity contribution < 1.29 is 18.4 Å². The molecule has 0 bridgehead atoms. The van der Waals surface area contributed by atoms with Crippen molar-refractivity contribution in [1.82, 2.24) is 19.9 Å². The summed E-state index contributed by atoms with van der Waals surface area (Å²) in [4.78, 5) is 29.5. The Balaban J connectivity index is 1.78. The van der Waals surface area contributed by atoms with Crippen LogP contribution in [0.5, 0.6) is 0 Å². The molecule has 0 spiro atoms. The summed E-state index contributed by atoms with van der Waals surface area (Å²) in [5.41, 5.74) is 0.626. The lowest BCUT2D eigenvalue weighted by Gasteiger charge is -2.34. The fourth-order valence-corrected chi connectivity index (χ4v) is 3.50. The minimum absolute atomic E-state index is 0.206. The molecule has 9 heteroatoms. The van der Waals surface area contributed by atoms with Gasteiger partial charge in [-0.05, 0) is 25.8 Å². The summed E-state index contributed by atoms with van der Waals surface area (Å²) in [5, 5.41) is 6.41. The number of nitrogens with one attached hydrogen (secondary N) is 1. The summed E-state index contributed by atoms with van der Waals surface area (Å²) in [6, 6.07) is -0.917. The number of alkyl halides is 2. The topological polar surface area (TPSA) is 79.6 Å². The molecule has 1 saturated heterocycles. The van der Waals surface area contributed by atoms with Crippen LogP contribution < -0.4 is 10.2 Å². The number of fused-ring (bicyclic) bond motifs is 2. The first-order valence-corrected chi connectivity index (χ1v) is 7.71. The molecule has 2 amide bonds. The quantitative estimate of drug-likeness (QED) is 0.852. The number of Topliss-reactive ketones (excluding diaryl/α,β-unsaturated/α-hetero) is 1. The average Bonchev–Trinajstić information content (AvgIpc) is 3.07. The van der Waals surface area contributed by atoms with Crippen LogP contribution in [0.4, 0.5) is 19.4 Å². The van der Waals surface area contributed by atoms with Crippen molar-refractivity contribution >= 4 is 23.3 Å². The van der Waals surface area contributed by atoms with Crippen LogP contribution in [0.15, 0.2) is 18.5 Å². The maximum Gasteiger partial charge on any atom is 0.323 e. The summed E-state index contributed by atoms with van der Waals surface area (Å²) in [5.74, 6) is -2.89. The van der Waals surface area contributed by atoms with Gasteiger partial charge in [-0.1, -0.05) is 0 Å². The third kappa shape index (κ3) is 2.07. The van der Waals surface area contributed by atoms with Crippen LogP contribution in [0.1, 0.15) is 36.5 Å². The number of carbonyl (C=O) groups excluding carboxylic acids is 2. The minimum atomic E-state index is -2.93. The van der Waals surface area contributed by atoms with E-state index in [0.717, 1.165) is 0 Å². The molecule has 1 saturated carbocycles. The summed E-state index contributed by atoms with van der Waals surface area (Å²) < 4.78 is 29.6. The highest BCUT2D eigenvalue weighted by atomic mass is 19.3. The zero-order valence-corrected chi connectivity index (χ0v) is 12.9. The number of urea groups is 1. The van der Waals surface area contributed by atoms with Crippen LogP contribution in [0.2, 0.25) is 0 Å². The first-order chi connectivity index (χ1) is 11.4. The Hall–Kier alpha value is -2.58. The lowest BCUT2D eigenvalue weighted by molar-refractivity contribution is -0.0595. The molecule has 0 unspecified atom stereocenters. The molecule has 2 atom stereocenters. The van der Waals surface area contributed by atoms with E-state index in [1.807, 2.05) is 0 Å². The largest absolute Gasteiger partial charge is 0.327 e. The van der Waals surface area contributed by atoms with Crippen molar-refractivity contribution in [2.24, 2.45) is 0 Å². The molecule has 2 aromatic rings. The number of rotatable bonds is 2. The SMILES string of the molecule is CC(=O)c1cnn2ccc(N3C(=O)N[C@@H]4[C@H]3CCCC4(F)F)nc12. The summed E-state index contributed by atoms with van der Waals surface area (Å²) in [7, 11) is 0. The van der Waals surface area contributed by atoms with E-state index in [9.17, 15) is 18.4 Å². The second-order valence-electron chi connectivity index (χ2n) is 6.19. The van der Waals surface area contributed by atoms with E-state index in [2.05, 4.69) is 15.4 Å². The monoisotopic (exact) mass is 335 g/mol. The molecule has 24 heavy (non-hydrogen) atoms. The molecule has 7 nitrogen and oxygen atoms in total. The van der Waals surface area contributed by atoms with Gasteiger partial charge in [0.25, 0.3) is 5.92 Å². The molecular formula is C15H15F2N5O2. The van der Waals surface area contributed by atoms with E-state index in [4.69, 9.17) is 0 Å². The number of aromatic nitrogens is 3. The number of nitrogens with zero attached hydrogens (tertiary/aromatic N) is 4. The highest BCUT2D eigenvalue weighted by Gasteiger charge is 2.55. The van der Waals surface area contributed by atoms with E-state index >= 15 is 0 Å². The van der Waals surface area contributed by atoms with Crippen molar-refractivity contribution in [3.8, 4) is 0 Å². The number of carbonyl (C=O) groups is 2. The van der Waals surface area contributed by atoms with Gasteiger partial charge < -0.3 is 5.32 Å². The maximum absolute atomic E-state index is 14.1. The Kier molecular flexibility index (Phi) is 3.09. The molecule has 126 valence electrons. The normalized spacial score (nSPS) is 25.6. The highest BCUT2D eigenvalue weighted by Crippen LogP contribution is 2.40. The van der Waals surface area contributed by atoms with Crippen molar-refractivity contribution in [3.63, 3.8) is 0 Å². The molecule has 0 aromatic carbocycles. The molecule has 3 heterocycles. The van der Waals surface area contributed by atoms with Gasteiger partial charge in [0.2, 0.25) is 0 Å². The standard InChI is InChI=1S/C15H15F2N5O2/c1-8(23)9-7-18-21-6-4-11(19-13(9)21)22-10-3-2-5-15(16,17)12(10)20-14(22)24/h4,6-7,10,12H,2-3,5H2,1H3,(H,20,24)/t10-,12-/m1/s1. The van der Waals surface area contributed by atoms with Crippen molar-refractivity contribution in [3.05, 3.63) is 24.0 Å². The lowest BCUT2D eigenvalue weighted by atomic mass is 9.87. The molecule has 1 N–H and O–H groups in total.